The monoisotopic (exact) mass is 1140 g/mol. The molecule has 0 bridgehead atoms. The Morgan fingerprint density at radius 3 is 1.21 bits per heavy atom. The highest BCUT2D eigenvalue weighted by Gasteiger charge is 2.53. The molecule has 12 aromatic rings. The number of hydrogen-bond donors (Lipinski definition) is 0. The maximum atomic E-state index is 17.9. The second kappa shape index (κ2) is 20.2. The van der Waals surface area contributed by atoms with Gasteiger partial charge in [0, 0.05) is 84.1 Å². The van der Waals surface area contributed by atoms with Gasteiger partial charge < -0.3 is 24.5 Å². The first-order chi connectivity index (χ1) is 42.2. The van der Waals surface area contributed by atoms with Gasteiger partial charge in [0.15, 0.2) is 0 Å². The normalized spacial score (nSPS) is 13.2. The number of benzene rings is 12. The van der Waals surface area contributed by atoms with Crippen LogP contribution in [0.5, 0.6) is 0 Å². The molecule has 16 rings (SSSR count). The Kier molecular flexibility index (Phi) is 12.1. The van der Waals surface area contributed by atoms with Crippen LogP contribution < -0.4 is 57.3 Å². The summed E-state index contributed by atoms with van der Waals surface area (Å²) in [4.78, 5) is 10.7. The van der Waals surface area contributed by atoms with Crippen LogP contribution in [-0.2, 0) is 6.18 Å². The number of halogens is 5. The van der Waals surface area contributed by atoms with Crippen molar-refractivity contribution < 1.29 is 22.0 Å². The van der Waals surface area contributed by atoms with Gasteiger partial charge >= 0.3 is 6.18 Å². The van der Waals surface area contributed by atoms with Gasteiger partial charge in [-0.25, -0.2) is 8.78 Å². The summed E-state index contributed by atoms with van der Waals surface area (Å²) in [6.07, 6.45) is -5.05. The zero-order valence-electron chi connectivity index (χ0n) is 45.7. The van der Waals surface area contributed by atoms with E-state index in [0.29, 0.717) is 38.3 Å². The van der Waals surface area contributed by atoms with E-state index < -0.39 is 36.8 Å². The fourth-order valence-corrected chi connectivity index (χ4v) is 14.9. The lowest BCUT2D eigenvalue weighted by molar-refractivity contribution is -0.139. The van der Waals surface area contributed by atoms with Crippen LogP contribution in [0.3, 0.4) is 0 Å². The van der Waals surface area contributed by atoms with Gasteiger partial charge in [0.25, 0.3) is 6.71 Å². The largest absolute Gasteiger partial charge is 0.419 e. The van der Waals surface area contributed by atoms with Crippen molar-refractivity contribution in [3.8, 4) is 0 Å². The Balaban J connectivity index is 1.04. The van der Waals surface area contributed by atoms with Crippen LogP contribution in [0.2, 0.25) is 0 Å². The molecule has 12 aromatic carbocycles. The third kappa shape index (κ3) is 8.16. The van der Waals surface area contributed by atoms with Crippen LogP contribution in [0.4, 0.5) is 107 Å². The summed E-state index contributed by atoms with van der Waals surface area (Å²) in [5.74, 6) is -1.88. The second-order valence-electron chi connectivity index (χ2n) is 21.8. The third-order valence-electron chi connectivity index (χ3n) is 16.9. The number of fused-ring (bicyclic) bond motifs is 8. The van der Waals surface area contributed by atoms with Crippen molar-refractivity contribution in [2.24, 2.45) is 0 Å². The third-order valence-corrected chi connectivity index (χ3v) is 18.1. The predicted octanol–water partition coefficient (Wildman–Crippen LogP) is 16.8. The average molecular weight is 1140 g/mol. The number of nitrogens with zero attached hydrogens (tertiary/aromatic N) is 5. The van der Waals surface area contributed by atoms with Crippen LogP contribution in [0.15, 0.2) is 289 Å². The first-order valence-electron chi connectivity index (χ1n) is 28.4. The maximum absolute atomic E-state index is 17.9. The van der Waals surface area contributed by atoms with Crippen LogP contribution in [0, 0.1) is 11.6 Å². The number of alkyl halides is 3. The molecule has 0 saturated heterocycles. The van der Waals surface area contributed by atoms with E-state index in [9.17, 15) is 0 Å². The molecular formula is C73H46B2F5N5S. The van der Waals surface area contributed by atoms with E-state index in [4.69, 9.17) is 0 Å². The van der Waals surface area contributed by atoms with E-state index in [1.165, 1.54) is 11.0 Å². The van der Waals surface area contributed by atoms with Crippen molar-refractivity contribution in [2.75, 3.05) is 24.5 Å². The molecule has 0 aliphatic carbocycles. The molecule has 0 saturated carbocycles. The molecule has 86 heavy (non-hydrogen) atoms. The van der Waals surface area contributed by atoms with Gasteiger partial charge in [-0.05, 0) is 149 Å². The van der Waals surface area contributed by atoms with Gasteiger partial charge in [0.1, 0.15) is 11.6 Å². The van der Waals surface area contributed by atoms with Gasteiger partial charge in [0.2, 0.25) is 6.71 Å². The maximum Gasteiger partial charge on any atom is 0.419 e. The molecule has 4 heterocycles. The predicted molar refractivity (Wildman–Crippen MR) is 345 cm³/mol. The molecule has 0 atom stereocenters. The van der Waals surface area contributed by atoms with E-state index >= 15 is 22.0 Å². The number of hydrogen-bond acceptors (Lipinski definition) is 6. The summed E-state index contributed by atoms with van der Waals surface area (Å²) in [6.45, 7) is -1.54. The minimum atomic E-state index is -5.05. The van der Waals surface area contributed by atoms with Gasteiger partial charge in [-0.3, -0.25) is 0 Å². The van der Waals surface area contributed by atoms with Crippen LogP contribution >= 0.6 is 11.8 Å². The highest BCUT2D eigenvalue weighted by atomic mass is 32.2. The number of para-hydroxylation sites is 8. The Morgan fingerprint density at radius 2 is 0.744 bits per heavy atom. The molecule has 0 radical (unpaired) electrons. The fraction of sp³-hybridized carbons (Fsp3) is 0.0137. The average Bonchev–Trinajstić information content (AvgIpc) is 0.713. The molecule has 0 aromatic heterocycles. The molecule has 5 nitrogen and oxygen atoms in total. The molecule has 0 unspecified atom stereocenters. The van der Waals surface area contributed by atoms with Gasteiger partial charge in [-0.2, -0.15) is 13.2 Å². The summed E-state index contributed by atoms with van der Waals surface area (Å²) in [7, 11) is 0. The van der Waals surface area contributed by atoms with E-state index in [1.54, 1.807) is 0 Å². The summed E-state index contributed by atoms with van der Waals surface area (Å²) in [5.41, 5.74) is 12.4. The lowest BCUT2D eigenvalue weighted by Gasteiger charge is -2.47. The van der Waals surface area contributed by atoms with E-state index in [1.807, 2.05) is 231 Å². The smallest absolute Gasteiger partial charge is 0.311 e. The van der Waals surface area contributed by atoms with Crippen LogP contribution in [0.25, 0.3) is 0 Å². The van der Waals surface area contributed by atoms with Crippen molar-refractivity contribution >= 4 is 143 Å². The zero-order valence-corrected chi connectivity index (χ0v) is 46.6. The van der Waals surface area contributed by atoms with E-state index in [2.05, 4.69) is 49.9 Å². The van der Waals surface area contributed by atoms with E-state index in [0.717, 1.165) is 97.2 Å². The molecular weight excluding hydrogens is 1100 g/mol. The van der Waals surface area contributed by atoms with Crippen molar-refractivity contribution in [1.29, 1.82) is 0 Å². The zero-order chi connectivity index (χ0) is 57.8. The highest BCUT2D eigenvalue weighted by molar-refractivity contribution is 8.00. The number of anilines is 15. The van der Waals surface area contributed by atoms with Crippen LogP contribution in [-0.4, -0.2) is 13.4 Å². The van der Waals surface area contributed by atoms with Gasteiger partial charge in [0.05, 0.1) is 22.6 Å². The fourth-order valence-electron chi connectivity index (χ4n) is 13.6. The molecule has 0 spiro atoms. The molecule has 4 aliphatic heterocycles. The van der Waals surface area contributed by atoms with Crippen molar-refractivity contribution in [3.05, 3.63) is 296 Å². The SMILES string of the molecule is Fc1ccc(N2c3cc(N(c4ccccc4)c4ccccc4)cc4c3B(c3ccccc3N4c3ccccc3)c3cc4c(c(C(F)(F)F)c32)Sc2cc(N(c3ccccc3)c3ccccc3)cc3c2B4c2ccccc2N3c2ccccc2)c(F)c1. The summed E-state index contributed by atoms with van der Waals surface area (Å²) in [6, 6.07) is 88.8. The summed E-state index contributed by atoms with van der Waals surface area (Å²) in [5, 5.41) is 0. The Hall–Kier alpha value is -10.2. The molecule has 0 N–H and O–H groups in total. The standard InChI is InChI=1S/C73H46B2F5N5S/c76-47-39-40-63(60(77)41-47)85-65-43-54(81(48-23-7-1-8-24-48)49-25-9-2-10-26-49)42-64-69(65)74(56-35-19-21-37-61(56)83(64)52-31-15-5-16-32-52)58-46-59-72(68(71(58)85)73(78,79)80)86-67-45-55(82(50-27-11-3-12-28-50)51-29-13-4-14-30-51)44-66-70(67)75(59)57-36-20-22-38-62(57)84(66)53-33-17-6-18-34-53/h1-46H. The van der Waals surface area contributed by atoms with Crippen LogP contribution in [0.1, 0.15) is 5.56 Å². The molecule has 4 aliphatic rings. The Morgan fingerprint density at radius 1 is 0.337 bits per heavy atom. The van der Waals surface area contributed by atoms with E-state index in [-0.39, 0.29) is 16.3 Å². The van der Waals surface area contributed by atoms with Gasteiger partial charge in [-0.1, -0.05) is 169 Å². The first-order valence-corrected chi connectivity index (χ1v) is 29.2. The topological polar surface area (TPSA) is 16.2 Å². The quantitative estimate of drug-likeness (QED) is 0.105. The molecule has 13 heteroatoms. The first kappa shape index (κ1) is 51.4. The second-order valence-corrected chi connectivity index (χ2v) is 22.8. The minimum Gasteiger partial charge on any atom is -0.311 e. The Labute approximate surface area is 499 Å². The summed E-state index contributed by atoms with van der Waals surface area (Å²) >= 11 is 1.10. The molecule has 0 amide bonds. The minimum absolute atomic E-state index is 0.00309. The lowest BCUT2D eigenvalue weighted by atomic mass is 9.30. The lowest BCUT2D eigenvalue weighted by Crippen LogP contribution is -2.65. The summed E-state index contributed by atoms with van der Waals surface area (Å²) < 4.78 is 86.6. The highest BCUT2D eigenvalue weighted by Crippen LogP contribution is 2.55. The van der Waals surface area contributed by atoms with Crippen molar-refractivity contribution in [1.82, 2.24) is 0 Å². The Bertz CT molecular complexity index is 4550. The van der Waals surface area contributed by atoms with Crippen molar-refractivity contribution in [2.45, 2.75) is 16.0 Å². The molecule has 410 valence electrons. The van der Waals surface area contributed by atoms with Gasteiger partial charge in [-0.15, -0.1) is 0 Å². The van der Waals surface area contributed by atoms with Crippen molar-refractivity contribution in [3.63, 3.8) is 0 Å². The molecule has 0 fully saturated rings. The number of rotatable bonds is 9.